The third-order valence-electron chi connectivity index (χ3n) is 3.33. The van der Waals surface area contributed by atoms with E-state index < -0.39 is 5.97 Å². The van der Waals surface area contributed by atoms with Gasteiger partial charge >= 0.3 is 5.97 Å². The second-order valence-corrected chi connectivity index (χ2v) is 6.01. The number of carboxylic acid groups (broad SMARTS) is 1. The fourth-order valence-electron chi connectivity index (χ4n) is 2.21. The molecule has 0 fully saturated rings. The Labute approximate surface area is 135 Å². The van der Waals surface area contributed by atoms with E-state index in [1.165, 1.54) is 22.2 Å². The van der Waals surface area contributed by atoms with Gasteiger partial charge in [0.25, 0.3) is 5.91 Å². The van der Waals surface area contributed by atoms with Crippen molar-refractivity contribution in [3.05, 3.63) is 41.7 Å². The molecule has 0 saturated carbocycles. The molecule has 8 heteroatoms. The maximum absolute atomic E-state index is 12.3. The number of hydrogen-bond acceptors (Lipinski definition) is 5. The summed E-state index contributed by atoms with van der Waals surface area (Å²) < 4.78 is 2.38. The normalized spacial score (nSPS) is 10.8. The van der Waals surface area contributed by atoms with Crippen LogP contribution in [0.2, 0.25) is 0 Å². The fourth-order valence-corrected chi connectivity index (χ4v) is 3.14. The largest absolute Gasteiger partial charge is 0.481 e. The quantitative estimate of drug-likeness (QED) is 0.749. The van der Waals surface area contributed by atoms with Crippen LogP contribution in [0.5, 0.6) is 0 Å². The van der Waals surface area contributed by atoms with Crippen molar-refractivity contribution in [2.75, 3.05) is 5.32 Å². The minimum Gasteiger partial charge on any atom is -0.481 e. The first-order chi connectivity index (χ1) is 11.0. The number of benzene rings is 1. The summed E-state index contributed by atoms with van der Waals surface area (Å²) in [5.41, 5.74) is 2.22. The number of carbonyl (C=O) groups is 2. The maximum Gasteiger partial charge on any atom is 0.305 e. The zero-order valence-corrected chi connectivity index (χ0v) is 13.1. The van der Waals surface area contributed by atoms with Crippen LogP contribution in [0, 0.1) is 6.92 Å². The lowest BCUT2D eigenvalue weighted by Crippen LogP contribution is -2.18. The van der Waals surface area contributed by atoms with Crippen LogP contribution in [-0.2, 0) is 11.3 Å². The SMILES string of the molecule is Cc1cccc2sc(NC(=O)c3ccnn3CCC(=O)O)nc12. The summed E-state index contributed by atoms with van der Waals surface area (Å²) in [4.78, 5) is 27.4. The number of nitrogens with one attached hydrogen (secondary N) is 1. The van der Waals surface area contributed by atoms with Gasteiger partial charge < -0.3 is 5.11 Å². The number of fused-ring (bicyclic) bond motifs is 1. The van der Waals surface area contributed by atoms with Crippen molar-refractivity contribution < 1.29 is 14.7 Å². The molecule has 0 aliphatic heterocycles. The van der Waals surface area contributed by atoms with E-state index in [9.17, 15) is 9.59 Å². The lowest BCUT2D eigenvalue weighted by molar-refractivity contribution is -0.137. The molecule has 0 saturated heterocycles. The number of thiazole rings is 1. The second kappa shape index (κ2) is 6.17. The molecule has 0 radical (unpaired) electrons. The van der Waals surface area contributed by atoms with Gasteiger partial charge in [-0.2, -0.15) is 5.10 Å². The summed E-state index contributed by atoms with van der Waals surface area (Å²) in [6, 6.07) is 7.42. The third-order valence-corrected chi connectivity index (χ3v) is 4.26. The Morgan fingerprint density at radius 3 is 2.91 bits per heavy atom. The second-order valence-electron chi connectivity index (χ2n) is 4.98. The van der Waals surface area contributed by atoms with Crippen LogP contribution in [0.4, 0.5) is 5.13 Å². The van der Waals surface area contributed by atoms with E-state index >= 15 is 0 Å². The van der Waals surface area contributed by atoms with Crippen molar-refractivity contribution in [2.45, 2.75) is 19.9 Å². The summed E-state index contributed by atoms with van der Waals surface area (Å²) in [5, 5.41) is 16.0. The molecule has 0 aliphatic carbocycles. The van der Waals surface area contributed by atoms with E-state index in [-0.39, 0.29) is 18.9 Å². The zero-order valence-electron chi connectivity index (χ0n) is 12.3. The predicted molar refractivity (Wildman–Crippen MR) is 86.8 cm³/mol. The Bertz CT molecular complexity index is 884. The molecule has 0 unspecified atom stereocenters. The number of rotatable bonds is 5. The number of anilines is 1. The van der Waals surface area contributed by atoms with E-state index in [0.717, 1.165) is 15.8 Å². The number of amides is 1. The molecule has 3 rings (SSSR count). The lowest BCUT2D eigenvalue weighted by Gasteiger charge is -2.05. The minimum absolute atomic E-state index is 0.0949. The van der Waals surface area contributed by atoms with Gasteiger partial charge in [0.2, 0.25) is 0 Å². The molecule has 0 bridgehead atoms. The summed E-state index contributed by atoms with van der Waals surface area (Å²) in [6.07, 6.45) is 1.38. The monoisotopic (exact) mass is 330 g/mol. The van der Waals surface area contributed by atoms with E-state index in [4.69, 9.17) is 5.11 Å². The molecule has 2 aromatic heterocycles. The third kappa shape index (κ3) is 3.21. The molecule has 1 amide bonds. The number of hydrogen-bond donors (Lipinski definition) is 2. The molecular formula is C15H14N4O3S. The number of carboxylic acids is 1. The first-order valence-electron chi connectivity index (χ1n) is 6.95. The highest BCUT2D eigenvalue weighted by Crippen LogP contribution is 2.28. The first kappa shape index (κ1) is 15.2. The van der Waals surface area contributed by atoms with E-state index in [1.54, 1.807) is 6.07 Å². The molecule has 0 spiro atoms. The number of para-hydroxylation sites is 1. The highest BCUT2D eigenvalue weighted by atomic mass is 32.1. The number of aliphatic carboxylic acids is 1. The van der Waals surface area contributed by atoms with Crippen molar-refractivity contribution in [1.29, 1.82) is 0 Å². The Morgan fingerprint density at radius 2 is 2.17 bits per heavy atom. The Balaban J connectivity index is 1.79. The fraction of sp³-hybridized carbons (Fsp3) is 0.200. The topological polar surface area (TPSA) is 97.1 Å². The van der Waals surface area contributed by atoms with E-state index in [0.29, 0.717) is 10.8 Å². The summed E-state index contributed by atoms with van der Waals surface area (Å²) in [5.74, 6) is -1.29. The van der Waals surface area contributed by atoms with Crippen LogP contribution in [-0.4, -0.2) is 31.7 Å². The zero-order chi connectivity index (χ0) is 16.4. The van der Waals surface area contributed by atoms with Gasteiger partial charge in [0.15, 0.2) is 5.13 Å². The van der Waals surface area contributed by atoms with Crippen molar-refractivity contribution in [3.63, 3.8) is 0 Å². The lowest BCUT2D eigenvalue weighted by atomic mass is 10.2. The van der Waals surface area contributed by atoms with Gasteiger partial charge in [-0.1, -0.05) is 23.5 Å². The molecule has 2 N–H and O–H groups in total. The number of aryl methyl sites for hydroxylation is 2. The van der Waals surface area contributed by atoms with Crippen LogP contribution in [0.1, 0.15) is 22.5 Å². The average Bonchev–Trinajstić information content (AvgIpc) is 3.11. The smallest absolute Gasteiger partial charge is 0.305 e. The van der Waals surface area contributed by atoms with Crippen molar-refractivity contribution >= 4 is 38.6 Å². The number of carbonyl (C=O) groups excluding carboxylic acids is 1. The molecule has 23 heavy (non-hydrogen) atoms. The minimum atomic E-state index is -0.937. The predicted octanol–water partition coefficient (Wildman–Crippen LogP) is 2.53. The molecule has 2 heterocycles. The highest BCUT2D eigenvalue weighted by molar-refractivity contribution is 7.22. The van der Waals surface area contributed by atoms with Crippen molar-refractivity contribution in [2.24, 2.45) is 0 Å². The maximum atomic E-state index is 12.3. The summed E-state index contributed by atoms with van der Waals surface area (Å²) >= 11 is 1.39. The van der Waals surface area contributed by atoms with Crippen LogP contribution in [0.3, 0.4) is 0 Å². The van der Waals surface area contributed by atoms with Crippen LogP contribution >= 0.6 is 11.3 Å². The standard InChI is InChI=1S/C15H14N4O3S/c1-9-3-2-4-11-13(9)17-15(23-11)18-14(22)10-5-7-16-19(10)8-6-12(20)21/h2-5,7H,6,8H2,1H3,(H,20,21)(H,17,18,22). The molecule has 3 aromatic rings. The molecule has 7 nitrogen and oxygen atoms in total. The summed E-state index contributed by atoms with van der Waals surface area (Å²) in [7, 11) is 0. The van der Waals surface area contributed by atoms with Crippen molar-refractivity contribution in [3.8, 4) is 0 Å². The first-order valence-corrected chi connectivity index (χ1v) is 7.77. The number of aromatic nitrogens is 3. The van der Waals surface area contributed by atoms with Crippen LogP contribution < -0.4 is 5.32 Å². The number of nitrogens with zero attached hydrogens (tertiary/aromatic N) is 3. The molecule has 0 aliphatic rings. The van der Waals surface area contributed by atoms with Gasteiger partial charge in [-0.15, -0.1) is 0 Å². The van der Waals surface area contributed by atoms with Crippen LogP contribution in [0.15, 0.2) is 30.5 Å². The van der Waals surface area contributed by atoms with Gasteiger partial charge in [0.05, 0.1) is 23.2 Å². The molecule has 1 aromatic carbocycles. The molecule has 118 valence electrons. The van der Waals surface area contributed by atoms with Crippen molar-refractivity contribution in [1.82, 2.24) is 14.8 Å². The molecule has 0 atom stereocenters. The van der Waals surface area contributed by atoms with E-state index in [2.05, 4.69) is 15.4 Å². The Hall–Kier alpha value is -2.74. The summed E-state index contributed by atoms with van der Waals surface area (Å²) in [6.45, 7) is 2.11. The Morgan fingerprint density at radius 1 is 1.35 bits per heavy atom. The van der Waals surface area contributed by atoms with Gasteiger partial charge in [-0.05, 0) is 24.6 Å². The Kier molecular flexibility index (Phi) is 4.07. The van der Waals surface area contributed by atoms with Gasteiger partial charge in [-0.25, -0.2) is 4.98 Å². The molecular weight excluding hydrogens is 316 g/mol. The van der Waals surface area contributed by atoms with E-state index in [1.807, 2.05) is 25.1 Å². The van der Waals surface area contributed by atoms with Gasteiger partial charge in [0.1, 0.15) is 5.69 Å². The average molecular weight is 330 g/mol. The van der Waals surface area contributed by atoms with Gasteiger partial charge in [-0.3, -0.25) is 19.6 Å². The van der Waals surface area contributed by atoms with Crippen LogP contribution in [0.25, 0.3) is 10.2 Å². The van der Waals surface area contributed by atoms with Gasteiger partial charge in [0, 0.05) is 6.20 Å². The highest BCUT2D eigenvalue weighted by Gasteiger charge is 2.15.